The number of hydrogen-bond donors (Lipinski definition) is 1. The molecule has 0 atom stereocenters. The fraction of sp³-hybridized carbons (Fsp3) is 0.364. The lowest BCUT2D eigenvalue weighted by Gasteiger charge is -2.00. The van der Waals surface area contributed by atoms with Crippen molar-refractivity contribution >= 4 is 22.4 Å². The SMILES string of the molecule is Cc1cc(C(=O)Nc2nc(C)c(C)s2)n(C)n1. The molecule has 0 aromatic carbocycles. The molecule has 0 fully saturated rings. The Labute approximate surface area is 103 Å². The third-order valence-corrected chi connectivity index (χ3v) is 3.47. The number of anilines is 1. The summed E-state index contributed by atoms with van der Waals surface area (Å²) in [6.07, 6.45) is 0. The molecule has 1 amide bonds. The van der Waals surface area contributed by atoms with E-state index in [9.17, 15) is 4.79 Å². The van der Waals surface area contributed by atoms with E-state index >= 15 is 0 Å². The first-order chi connectivity index (χ1) is 7.97. The minimum Gasteiger partial charge on any atom is -0.296 e. The molecule has 0 aliphatic rings. The Bertz CT molecular complexity index is 551. The summed E-state index contributed by atoms with van der Waals surface area (Å²) in [5.41, 5.74) is 2.31. The van der Waals surface area contributed by atoms with Crippen LogP contribution in [0, 0.1) is 20.8 Å². The van der Waals surface area contributed by atoms with Crippen LogP contribution in [0.4, 0.5) is 5.13 Å². The van der Waals surface area contributed by atoms with Gasteiger partial charge in [0.25, 0.3) is 5.91 Å². The van der Waals surface area contributed by atoms with Gasteiger partial charge in [-0.3, -0.25) is 14.8 Å². The highest BCUT2D eigenvalue weighted by molar-refractivity contribution is 7.15. The van der Waals surface area contributed by atoms with Crippen LogP contribution in [0.2, 0.25) is 0 Å². The van der Waals surface area contributed by atoms with Crippen molar-refractivity contribution in [3.05, 3.63) is 28.0 Å². The van der Waals surface area contributed by atoms with Crippen molar-refractivity contribution in [3.8, 4) is 0 Å². The van der Waals surface area contributed by atoms with Gasteiger partial charge in [0.2, 0.25) is 0 Å². The molecule has 1 N–H and O–H groups in total. The first-order valence-electron chi connectivity index (χ1n) is 5.23. The summed E-state index contributed by atoms with van der Waals surface area (Å²) in [7, 11) is 1.75. The maximum Gasteiger partial charge on any atom is 0.275 e. The van der Waals surface area contributed by atoms with Gasteiger partial charge in [-0.2, -0.15) is 5.10 Å². The van der Waals surface area contributed by atoms with Crippen LogP contribution in [0.25, 0.3) is 0 Å². The predicted octanol–water partition coefficient (Wildman–Crippen LogP) is 2.05. The number of aryl methyl sites for hydroxylation is 4. The summed E-state index contributed by atoms with van der Waals surface area (Å²) in [4.78, 5) is 17.3. The fourth-order valence-corrected chi connectivity index (χ4v) is 2.32. The largest absolute Gasteiger partial charge is 0.296 e. The van der Waals surface area contributed by atoms with Crippen LogP contribution >= 0.6 is 11.3 Å². The highest BCUT2D eigenvalue weighted by Gasteiger charge is 2.14. The minimum atomic E-state index is -0.179. The molecule has 0 saturated heterocycles. The molecule has 0 aliphatic heterocycles. The third-order valence-electron chi connectivity index (χ3n) is 2.48. The van der Waals surface area contributed by atoms with Crippen molar-refractivity contribution in [2.45, 2.75) is 20.8 Å². The van der Waals surface area contributed by atoms with Gasteiger partial charge in [0.15, 0.2) is 5.13 Å². The van der Waals surface area contributed by atoms with Gasteiger partial charge in [-0.15, -0.1) is 11.3 Å². The van der Waals surface area contributed by atoms with E-state index in [0.29, 0.717) is 10.8 Å². The Hall–Kier alpha value is -1.69. The zero-order valence-corrected chi connectivity index (χ0v) is 11.1. The number of nitrogens with zero attached hydrogens (tertiary/aromatic N) is 3. The van der Waals surface area contributed by atoms with Crippen LogP contribution in [0.5, 0.6) is 0 Å². The molecule has 0 unspecified atom stereocenters. The molecular formula is C11H14N4OS. The van der Waals surface area contributed by atoms with Gasteiger partial charge in [0.1, 0.15) is 5.69 Å². The normalized spacial score (nSPS) is 10.6. The van der Waals surface area contributed by atoms with Crippen LogP contribution in [-0.2, 0) is 7.05 Å². The van der Waals surface area contributed by atoms with E-state index in [-0.39, 0.29) is 5.91 Å². The predicted molar refractivity (Wildman–Crippen MR) is 67.5 cm³/mol. The van der Waals surface area contributed by atoms with E-state index in [1.807, 2.05) is 20.8 Å². The van der Waals surface area contributed by atoms with Crippen LogP contribution in [0.15, 0.2) is 6.07 Å². The lowest BCUT2D eigenvalue weighted by atomic mass is 10.3. The smallest absolute Gasteiger partial charge is 0.275 e. The standard InChI is InChI=1S/C11H14N4OS/c1-6-5-9(15(4)14-6)10(16)13-11-12-7(2)8(3)17-11/h5H,1-4H3,(H,12,13,16). The fourth-order valence-electron chi connectivity index (χ4n) is 1.51. The van der Waals surface area contributed by atoms with Crippen molar-refractivity contribution < 1.29 is 4.79 Å². The summed E-state index contributed by atoms with van der Waals surface area (Å²) in [5.74, 6) is -0.179. The summed E-state index contributed by atoms with van der Waals surface area (Å²) in [6, 6.07) is 1.75. The summed E-state index contributed by atoms with van der Waals surface area (Å²) in [6.45, 7) is 5.76. The number of thiazole rings is 1. The Morgan fingerprint density at radius 2 is 2.12 bits per heavy atom. The molecule has 6 heteroatoms. The van der Waals surface area contributed by atoms with Crippen molar-refractivity contribution in [3.63, 3.8) is 0 Å². The van der Waals surface area contributed by atoms with Crippen LogP contribution in [0.1, 0.15) is 26.8 Å². The molecule has 0 aliphatic carbocycles. The molecular weight excluding hydrogens is 236 g/mol. The van der Waals surface area contributed by atoms with Crippen LogP contribution in [-0.4, -0.2) is 20.7 Å². The third kappa shape index (κ3) is 2.36. The number of hydrogen-bond acceptors (Lipinski definition) is 4. The molecule has 2 rings (SSSR count). The molecule has 90 valence electrons. The number of nitrogens with one attached hydrogen (secondary N) is 1. The van der Waals surface area contributed by atoms with Gasteiger partial charge in [0.05, 0.1) is 11.4 Å². The van der Waals surface area contributed by atoms with E-state index in [2.05, 4.69) is 15.4 Å². The van der Waals surface area contributed by atoms with E-state index in [4.69, 9.17) is 0 Å². The second-order valence-corrected chi connectivity index (χ2v) is 5.11. The molecule has 0 saturated carbocycles. The molecule has 5 nitrogen and oxygen atoms in total. The lowest BCUT2D eigenvalue weighted by molar-refractivity contribution is 0.101. The first kappa shape index (κ1) is 11.8. The van der Waals surface area contributed by atoms with E-state index in [1.54, 1.807) is 17.8 Å². The minimum absolute atomic E-state index is 0.179. The Balaban J connectivity index is 2.19. The van der Waals surface area contributed by atoms with Crippen molar-refractivity contribution in [2.75, 3.05) is 5.32 Å². The maximum absolute atomic E-state index is 12.0. The summed E-state index contributed by atoms with van der Waals surface area (Å²) >= 11 is 1.48. The second kappa shape index (κ2) is 4.29. The quantitative estimate of drug-likeness (QED) is 0.887. The van der Waals surface area contributed by atoms with Crippen LogP contribution in [0.3, 0.4) is 0 Å². The lowest BCUT2D eigenvalue weighted by Crippen LogP contribution is -2.15. The zero-order valence-electron chi connectivity index (χ0n) is 10.2. The average Bonchev–Trinajstić information content (AvgIpc) is 2.71. The molecule has 0 spiro atoms. The number of aromatic nitrogens is 3. The number of rotatable bonds is 2. The summed E-state index contributed by atoms with van der Waals surface area (Å²) < 4.78 is 1.57. The van der Waals surface area contributed by atoms with E-state index in [0.717, 1.165) is 16.3 Å². The highest BCUT2D eigenvalue weighted by Crippen LogP contribution is 2.21. The van der Waals surface area contributed by atoms with E-state index < -0.39 is 0 Å². The summed E-state index contributed by atoms with van der Waals surface area (Å²) in [5, 5.41) is 7.55. The van der Waals surface area contributed by atoms with Gasteiger partial charge in [0, 0.05) is 11.9 Å². The number of carbonyl (C=O) groups excluding carboxylic acids is 1. The van der Waals surface area contributed by atoms with Gasteiger partial charge in [-0.25, -0.2) is 4.98 Å². The maximum atomic E-state index is 12.0. The van der Waals surface area contributed by atoms with E-state index in [1.165, 1.54) is 11.3 Å². The Morgan fingerprint density at radius 1 is 1.41 bits per heavy atom. The Morgan fingerprint density at radius 3 is 2.59 bits per heavy atom. The number of amides is 1. The first-order valence-corrected chi connectivity index (χ1v) is 6.05. The van der Waals surface area contributed by atoms with Crippen molar-refractivity contribution in [1.29, 1.82) is 0 Å². The van der Waals surface area contributed by atoms with Crippen molar-refractivity contribution in [2.24, 2.45) is 7.05 Å². The van der Waals surface area contributed by atoms with Gasteiger partial charge >= 0.3 is 0 Å². The number of carbonyl (C=O) groups is 1. The molecule has 2 heterocycles. The van der Waals surface area contributed by atoms with Gasteiger partial charge in [-0.05, 0) is 26.8 Å². The van der Waals surface area contributed by atoms with Gasteiger partial charge in [-0.1, -0.05) is 0 Å². The zero-order chi connectivity index (χ0) is 12.6. The highest BCUT2D eigenvalue weighted by atomic mass is 32.1. The monoisotopic (exact) mass is 250 g/mol. The molecule has 2 aromatic rings. The molecule has 2 aromatic heterocycles. The molecule has 0 bridgehead atoms. The second-order valence-electron chi connectivity index (χ2n) is 3.91. The molecule has 0 radical (unpaired) electrons. The average molecular weight is 250 g/mol. The van der Waals surface area contributed by atoms with Crippen LogP contribution < -0.4 is 5.32 Å². The Kier molecular flexibility index (Phi) is 2.97. The molecule has 17 heavy (non-hydrogen) atoms. The van der Waals surface area contributed by atoms with Gasteiger partial charge < -0.3 is 0 Å². The van der Waals surface area contributed by atoms with Crippen molar-refractivity contribution in [1.82, 2.24) is 14.8 Å². The topological polar surface area (TPSA) is 59.8 Å².